The fourth-order valence-electron chi connectivity index (χ4n) is 2.81. The summed E-state index contributed by atoms with van der Waals surface area (Å²) in [5.74, 6) is 0.908. The average molecular weight is 279 g/mol. The van der Waals surface area contributed by atoms with Crippen LogP contribution in [0.15, 0.2) is 60.2 Å². The minimum Gasteiger partial charge on any atom is -0.497 e. The van der Waals surface area contributed by atoms with Gasteiger partial charge in [-0.05, 0) is 42.7 Å². The number of methoxy groups -OCH3 is 1. The number of hydrogen-bond donors (Lipinski definition) is 0. The maximum absolute atomic E-state index is 5.23. The third kappa shape index (κ3) is 3.10. The van der Waals surface area contributed by atoms with E-state index in [1.165, 1.54) is 22.4 Å². The maximum atomic E-state index is 5.23. The lowest BCUT2D eigenvalue weighted by molar-refractivity contribution is 0.414. The summed E-state index contributed by atoms with van der Waals surface area (Å²) < 4.78 is 5.23. The number of allylic oxidation sites excluding steroid dienone is 1. The number of benzene rings is 2. The molecule has 2 heteroatoms. The second kappa shape index (κ2) is 6.04. The monoisotopic (exact) mass is 279 g/mol. The highest BCUT2D eigenvalue weighted by Gasteiger charge is 2.14. The first-order valence-corrected chi connectivity index (χ1v) is 7.37. The van der Waals surface area contributed by atoms with Crippen LogP contribution in [-0.4, -0.2) is 13.7 Å². The fourth-order valence-corrected chi connectivity index (χ4v) is 2.81. The molecule has 3 rings (SSSR count). The Hall–Kier alpha value is -2.22. The van der Waals surface area contributed by atoms with Crippen LogP contribution in [0.4, 0.5) is 5.69 Å². The summed E-state index contributed by atoms with van der Waals surface area (Å²) in [6, 6.07) is 17.1. The number of hydrogen-bond acceptors (Lipinski definition) is 2. The molecule has 2 nitrogen and oxygen atoms in total. The molecule has 0 aliphatic carbocycles. The van der Waals surface area contributed by atoms with Gasteiger partial charge in [-0.2, -0.15) is 0 Å². The van der Waals surface area contributed by atoms with Crippen LogP contribution in [0.3, 0.4) is 0 Å². The lowest BCUT2D eigenvalue weighted by atomic mass is 10.1. The predicted molar refractivity (Wildman–Crippen MR) is 87.9 cm³/mol. The number of ether oxygens (including phenoxy) is 1. The molecule has 0 fully saturated rings. The van der Waals surface area contributed by atoms with E-state index in [4.69, 9.17) is 4.74 Å². The molecule has 0 atom stereocenters. The predicted octanol–water partition coefficient (Wildman–Crippen LogP) is 4.20. The molecule has 0 amide bonds. The molecule has 0 aromatic heterocycles. The molecule has 2 aromatic rings. The van der Waals surface area contributed by atoms with Crippen LogP contribution in [0, 0.1) is 0 Å². The molecule has 0 unspecified atom stereocenters. The van der Waals surface area contributed by atoms with Gasteiger partial charge in [0.25, 0.3) is 0 Å². The van der Waals surface area contributed by atoms with Crippen molar-refractivity contribution in [3.63, 3.8) is 0 Å². The van der Waals surface area contributed by atoms with Crippen LogP contribution in [0.25, 0.3) is 0 Å². The zero-order chi connectivity index (χ0) is 14.7. The Bertz CT molecular complexity index is 643. The summed E-state index contributed by atoms with van der Waals surface area (Å²) in [5, 5.41) is 0. The van der Waals surface area contributed by atoms with Gasteiger partial charge in [0.1, 0.15) is 5.75 Å². The SMILES string of the molecule is COc1ccc(CN2CC=C(C)Cc3ccccc32)cc1. The van der Waals surface area contributed by atoms with E-state index >= 15 is 0 Å². The van der Waals surface area contributed by atoms with E-state index in [-0.39, 0.29) is 0 Å². The number of rotatable bonds is 3. The van der Waals surface area contributed by atoms with Crippen molar-refractivity contribution in [2.24, 2.45) is 0 Å². The summed E-state index contributed by atoms with van der Waals surface area (Å²) in [7, 11) is 1.70. The molecular formula is C19H21NO. The molecule has 0 bridgehead atoms. The van der Waals surface area contributed by atoms with Crippen LogP contribution in [0.2, 0.25) is 0 Å². The number of para-hydroxylation sites is 1. The molecule has 0 N–H and O–H groups in total. The van der Waals surface area contributed by atoms with Crippen LogP contribution in [0.5, 0.6) is 5.75 Å². The van der Waals surface area contributed by atoms with Crippen LogP contribution >= 0.6 is 0 Å². The largest absolute Gasteiger partial charge is 0.497 e. The maximum Gasteiger partial charge on any atom is 0.118 e. The lowest BCUT2D eigenvalue weighted by Crippen LogP contribution is -2.22. The van der Waals surface area contributed by atoms with Crippen LogP contribution in [-0.2, 0) is 13.0 Å². The van der Waals surface area contributed by atoms with Crippen molar-refractivity contribution in [2.75, 3.05) is 18.6 Å². The molecule has 1 aliphatic heterocycles. The van der Waals surface area contributed by atoms with Gasteiger partial charge >= 0.3 is 0 Å². The second-order valence-electron chi connectivity index (χ2n) is 5.58. The minimum absolute atomic E-state index is 0.908. The van der Waals surface area contributed by atoms with E-state index in [1.54, 1.807) is 7.11 Å². The highest BCUT2D eigenvalue weighted by molar-refractivity contribution is 5.57. The first-order valence-electron chi connectivity index (χ1n) is 7.37. The summed E-state index contributed by atoms with van der Waals surface area (Å²) in [5.41, 5.74) is 5.51. The molecule has 1 aliphatic rings. The third-order valence-electron chi connectivity index (χ3n) is 3.99. The zero-order valence-electron chi connectivity index (χ0n) is 12.7. The summed E-state index contributed by atoms with van der Waals surface area (Å²) >= 11 is 0. The summed E-state index contributed by atoms with van der Waals surface area (Å²) in [4.78, 5) is 2.44. The Morgan fingerprint density at radius 1 is 1.05 bits per heavy atom. The molecule has 21 heavy (non-hydrogen) atoms. The van der Waals surface area contributed by atoms with Gasteiger partial charge in [-0.25, -0.2) is 0 Å². The van der Waals surface area contributed by atoms with Gasteiger partial charge in [0.05, 0.1) is 7.11 Å². The quantitative estimate of drug-likeness (QED) is 0.781. The Kier molecular flexibility index (Phi) is 3.96. The fraction of sp³-hybridized carbons (Fsp3) is 0.263. The van der Waals surface area contributed by atoms with E-state index in [2.05, 4.69) is 54.3 Å². The summed E-state index contributed by atoms with van der Waals surface area (Å²) in [6.45, 7) is 4.10. The van der Waals surface area contributed by atoms with Gasteiger partial charge in [-0.1, -0.05) is 42.0 Å². The highest BCUT2D eigenvalue weighted by atomic mass is 16.5. The number of nitrogens with zero attached hydrogens (tertiary/aromatic N) is 1. The van der Waals surface area contributed by atoms with E-state index < -0.39 is 0 Å². The first-order chi connectivity index (χ1) is 10.3. The van der Waals surface area contributed by atoms with E-state index in [0.717, 1.165) is 25.3 Å². The first kappa shape index (κ1) is 13.7. The summed E-state index contributed by atoms with van der Waals surface area (Å²) in [6.07, 6.45) is 3.39. The average Bonchev–Trinajstić information content (AvgIpc) is 2.67. The second-order valence-corrected chi connectivity index (χ2v) is 5.58. The topological polar surface area (TPSA) is 12.5 Å². The van der Waals surface area contributed by atoms with Crippen molar-refractivity contribution in [3.8, 4) is 5.75 Å². The van der Waals surface area contributed by atoms with Gasteiger partial charge in [0.15, 0.2) is 0 Å². The highest BCUT2D eigenvalue weighted by Crippen LogP contribution is 2.27. The molecule has 108 valence electrons. The Labute approximate surface area is 126 Å². The normalized spacial score (nSPS) is 14.2. The molecule has 0 saturated heterocycles. The third-order valence-corrected chi connectivity index (χ3v) is 3.99. The van der Waals surface area contributed by atoms with Crippen molar-refractivity contribution in [2.45, 2.75) is 19.9 Å². The van der Waals surface area contributed by atoms with Crippen LogP contribution < -0.4 is 9.64 Å². The zero-order valence-corrected chi connectivity index (χ0v) is 12.7. The lowest BCUT2D eigenvalue weighted by Gasteiger charge is -2.24. The van der Waals surface area contributed by atoms with E-state index in [0.29, 0.717) is 0 Å². The van der Waals surface area contributed by atoms with Gasteiger partial charge in [-0.3, -0.25) is 0 Å². The Balaban J connectivity index is 1.87. The molecule has 0 spiro atoms. The molecule has 0 radical (unpaired) electrons. The standard InChI is InChI=1S/C19H21NO/c1-15-11-12-20(19-6-4-3-5-17(19)13-15)14-16-7-9-18(21-2)10-8-16/h3-11H,12-14H2,1-2H3. The van der Waals surface area contributed by atoms with Crippen LogP contribution in [0.1, 0.15) is 18.1 Å². The van der Waals surface area contributed by atoms with Crippen molar-refractivity contribution in [1.29, 1.82) is 0 Å². The van der Waals surface area contributed by atoms with Crippen molar-refractivity contribution in [1.82, 2.24) is 0 Å². The molecular weight excluding hydrogens is 258 g/mol. The Morgan fingerprint density at radius 2 is 1.81 bits per heavy atom. The molecule has 1 heterocycles. The van der Waals surface area contributed by atoms with Crippen molar-refractivity contribution >= 4 is 5.69 Å². The smallest absolute Gasteiger partial charge is 0.118 e. The van der Waals surface area contributed by atoms with E-state index in [1.807, 2.05) is 12.1 Å². The van der Waals surface area contributed by atoms with Gasteiger partial charge < -0.3 is 9.64 Å². The van der Waals surface area contributed by atoms with E-state index in [9.17, 15) is 0 Å². The molecule has 0 saturated carbocycles. The van der Waals surface area contributed by atoms with Gasteiger partial charge in [-0.15, -0.1) is 0 Å². The number of anilines is 1. The van der Waals surface area contributed by atoms with Crippen molar-refractivity contribution < 1.29 is 4.74 Å². The van der Waals surface area contributed by atoms with Crippen molar-refractivity contribution in [3.05, 3.63) is 71.3 Å². The number of fused-ring (bicyclic) bond motifs is 1. The minimum atomic E-state index is 0.908. The molecule has 2 aromatic carbocycles. The van der Waals surface area contributed by atoms with Gasteiger partial charge in [0, 0.05) is 18.8 Å². The Morgan fingerprint density at radius 3 is 2.57 bits per heavy atom. The van der Waals surface area contributed by atoms with Gasteiger partial charge in [0.2, 0.25) is 0 Å².